The molecule has 4 nitrogen and oxygen atoms in total. The van der Waals surface area contributed by atoms with Crippen molar-refractivity contribution < 1.29 is 43.5 Å². The number of nitrogens with two attached hydrogens (primary N) is 1. The zero-order chi connectivity index (χ0) is 19.2. The molecule has 0 aliphatic rings. The summed E-state index contributed by atoms with van der Waals surface area (Å²) in [6.45, 7) is 3.90. The minimum Gasteiger partial charge on any atom is -0.553 e. The Kier molecular flexibility index (Phi) is 21.7. The number of nitrogens with one attached hydrogen (secondary N) is 2. The molecule has 0 spiro atoms. The van der Waals surface area contributed by atoms with Crippen LogP contribution in [-0.2, 0) is 12.8 Å². The maximum atomic E-state index is 12.5. The van der Waals surface area contributed by atoms with Crippen molar-refractivity contribution in [2.75, 3.05) is 0 Å². The SMILES string of the molecule is C.C[C@@H](Cc1ccc(F)cc1)NCl.C[C@H](N)Cc1ccc(F)cc1.[NH-]O.[Na+]. The Morgan fingerprint density at radius 2 is 1.26 bits per heavy atom. The Morgan fingerprint density at radius 3 is 1.56 bits per heavy atom. The van der Waals surface area contributed by atoms with E-state index in [-0.39, 0.29) is 60.7 Å². The molecule has 0 fully saturated rings. The van der Waals surface area contributed by atoms with E-state index in [1.165, 1.54) is 24.3 Å². The second-order valence-corrected chi connectivity index (χ2v) is 5.87. The van der Waals surface area contributed by atoms with Gasteiger partial charge in [0.2, 0.25) is 0 Å². The number of rotatable bonds is 5. The molecule has 0 aromatic heterocycles. The zero-order valence-corrected chi connectivity index (χ0v) is 18.1. The van der Waals surface area contributed by atoms with Crippen molar-refractivity contribution in [2.45, 2.75) is 46.2 Å². The van der Waals surface area contributed by atoms with Crippen LogP contribution >= 0.6 is 11.8 Å². The van der Waals surface area contributed by atoms with Crippen LogP contribution in [0.4, 0.5) is 8.78 Å². The van der Waals surface area contributed by atoms with Crippen molar-refractivity contribution in [1.82, 2.24) is 4.84 Å². The molecular formula is C19H29ClF2N3NaO. The summed E-state index contributed by atoms with van der Waals surface area (Å²) in [6, 6.07) is 13.2. The minimum atomic E-state index is -0.203. The van der Waals surface area contributed by atoms with Gasteiger partial charge < -0.3 is 16.8 Å². The molecule has 0 heterocycles. The van der Waals surface area contributed by atoms with Gasteiger partial charge in [-0.3, -0.25) is 0 Å². The van der Waals surface area contributed by atoms with E-state index >= 15 is 0 Å². The van der Waals surface area contributed by atoms with E-state index in [4.69, 9.17) is 28.6 Å². The molecule has 5 N–H and O–H groups in total. The van der Waals surface area contributed by atoms with E-state index in [0.717, 1.165) is 24.0 Å². The molecule has 0 saturated carbocycles. The minimum absolute atomic E-state index is 0. The zero-order valence-electron chi connectivity index (χ0n) is 15.3. The van der Waals surface area contributed by atoms with Gasteiger partial charge in [0.1, 0.15) is 11.6 Å². The van der Waals surface area contributed by atoms with Crippen LogP contribution in [0.1, 0.15) is 32.4 Å². The molecule has 0 bridgehead atoms. The van der Waals surface area contributed by atoms with Crippen LogP contribution < -0.4 is 40.1 Å². The summed E-state index contributed by atoms with van der Waals surface area (Å²) in [5.41, 5.74) is 7.73. The van der Waals surface area contributed by atoms with Crippen LogP contribution in [0.3, 0.4) is 0 Å². The van der Waals surface area contributed by atoms with Crippen molar-refractivity contribution in [3.63, 3.8) is 0 Å². The van der Waals surface area contributed by atoms with Gasteiger partial charge in [0.05, 0.1) is 0 Å². The van der Waals surface area contributed by atoms with Crippen molar-refractivity contribution in [3.05, 3.63) is 77.2 Å². The van der Waals surface area contributed by atoms with Gasteiger partial charge in [-0.1, -0.05) is 31.7 Å². The van der Waals surface area contributed by atoms with Crippen molar-refractivity contribution >= 4 is 11.8 Å². The fraction of sp³-hybridized carbons (Fsp3) is 0.368. The number of benzene rings is 2. The van der Waals surface area contributed by atoms with Gasteiger partial charge in [-0.2, -0.15) is 0 Å². The smallest absolute Gasteiger partial charge is 0.553 e. The van der Waals surface area contributed by atoms with Gasteiger partial charge in [-0.15, -0.1) is 0 Å². The molecule has 0 unspecified atom stereocenters. The second-order valence-electron chi connectivity index (χ2n) is 5.65. The molecule has 148 valence electrons. The Labute approximate surface area is 188 Å². The van der Waals surface area contributed by atoms with Crippen molar-refractivity contribution in [1.29, 1.82) is 0 Å². The Balaban J connectivity index is -0.000000367. The van der Waals surface area contributed by atoms with Gasteiger partial charge in [-0.25, -0.2) is 13.6 Å². The third-order valence-corrected chi connectivity index (χ3v) is 3.48. The first-order valence-electron chi connectivity index (χ1n) is 7.73. The summed E-state index contributed by atoms with van der Waals surface area (Å²) in [5.74, 6) is 4.35. The molecule has 0 amide bonds. The molecule has 0 aliphatic carbocycles. The fourth-order valence-electron chi connectivity index (χ4n) is 2.00. The monoisotopic (exact) mass is 411 g/mol. The summed E-state index contributed by atoms with van der Waals surface area (Å²) in [7, 11) is 0. The molecule has 2 rings (SSSR count). The van der Waals surface area contributed by atoms with Crippen LogP contribution in [-0.4, -0.2) is 17.3 Å². The summed E-state index contributed by atoms with van der Waals surface area (Å²) < 4.78 is 24.9. The molecular weight excluding hydrogens is 383 g/mol. The topological polar surface area (TPSA) is 82.1 Å². The van der Waals surface area contributed by atoms with Crippen molar-refractivity contribution in [2.24, 2.45) is 5.73 Å². The largest absolute Gasteiger partial charge is 1.00 e. The first-order valence-corrected chi connectivity index (χ1v) is 8.11. The molecule has 8 heteroatoms. The average molecular weight is 412 g/mol. The van der Waals surface area contributed by atoms with Gasteiger partial charge >= 0.3 is 29.6 Å². The van der Waals surface area contributed by atoms with E-state index in [1.807, 2.05) is 13.8 Å². The third kappa shape index (κ3) is 16.1. The summed E-state index contributed by atoms with van der Waals surface area (Å²) in [6.07, 6.45) is 1.62. The molecule has 2 aromatic rings. The van der Waals surface area contributed by atoms with Crippen LogP contribution in [0, 0.1) is 11.6 Å². The predicted octanol–water partition coefficient (Wildman–Crippen LogP) is 2.28. The van der Waals surface area contributed by atoms with E-state index in [9.17, 15) is 8.78 Å². The van der Waals surface area contributed by atoms with E-state index < -0.39 is 0 Å². The molecule has 2 aromatic carbocycles. The van der Waals surface area contributed by atoms with Crippen molar-refractivity contribution in [3.8, 4) is 0 Å². The first kappa shape index (κ1) is 31.1. The number of halogens is 3. The van der Waals surface area contributed by atoms with E-state index in [2.05, 4.69) is 4.84 Å². The maximum Gasteiger partial charge on any atom is 1.00 e. The summed E-state index contributed by atoms with van der Waals surface area (Å²) >= 11 is 5.41. The molecule has 27 heavy (non-hydrogen) atoms. The Morgan fingerprint density at radius 1 is 0.926 bits per heavy atom. The van der Waals surface area contributed by atoms with Crippen LogP contribution in [0.25, 0.3) is 5.90 Å². The van der Waals surface area contributed by atoms with E-state index in [1.54, 1.807) is 24.3 Å². The van der Waals surface area contributed by atoms with Crippen LogP contribution in [0.15, 0.2) is 48.5 Å². The fourth-order valence-corrected chi connectivity index (χ4v) is 2.08. The maximum absolute atomic E-state index is 12.5. The normalized spacial score (nSPS) is 11.3. The predicted molar refractivity (Wildman–Crippen MR) is 105 cm³/mol. The first-order chi connectivity index (χ1) is 11.9. The van der Waals surface area contributed by atoms with Crippen LogP contribution in [0.5, 0.6) is 0 Å². The second kappa shape index (κ2) is 18.8. The molecule has 0 saturated heterocycles. The van der Waals surface area contributed by atoms with Gasteiger partial charge in [-0.05, 0) is 73.9 Å². The van der Waals surface area contributed by atoms with Gasteiger partial charge in [0, 0.05) is 12.1 Å². The summed E-state index contributed by atoms with van der Waals surface area (Å²) in [4.78, 5) is 2.61. The van der Waals surface area contributed by atoms with Gasteiger partial charge in [0.25, 0.3) is 0 Å². The average Bonchev–Trinajstić information content (AvgIpc) is 2.61. The Hall–Kier alpha value is -0.570. The molecule has 2 atom stereocenters. The number of hydrogen-bond acceptors (Lipinski definition) is 3. The molecule has 0 aliphatic heterocycles. The quantitative estimate of drug-likeness (QED) is 0.401. The molecule has 0 radical (unpaired) electrons. The van der Waals surface area contributed by atoms with E-state index in [0.29, 0.717) is 0 Å². The summed E-state index contributed by atoms with van der Waals surface area (Å²) in [5, 5.41) is 6.25. The Bertz CT molecular complexity index is 572. The number of hydrogen-bond donors (Lipinski definition) is 3. The third-order valence-electron chi connectivity index (χ3n) is 3.11. The standard InChI is InChI=1S/C9H11ClFN.C9H12FN.CH4.H2NO.Na/c1-7(12-10)6-8-2-4-9(11)5-3-8;1-7(11)6-8-2-4-9(10)5-3-8;;1-2;/h2-5,7,12H,6H2,1H3;2-5,7H,6,11H2,1H3;1H4;1-2H;/q;;;-1;+1/t2*7-;;;/m00.../s1. The van der Waals surface area contributed by atoms with Crippen LogP contribution in [0.2, 0.25) is 0 Å². The van der Waals surface area contributed by atoms with Gasteiger partial charge in [0.15, 0.2) is 0 Å².